The molecule has 1 heterocycles. The molecule has 4 nitrogen and oxygen atoms in total. The zero-order chi connectivity index (χ0) is 14.0. The fraction of sp³-hybridized carbons (Fsp3) is 0.467. The van der Waals surface area contributed by atoms with Crippen molar-refractivity contribution in [3.8, 4) is 11.5 Å². The highest BCUT2D eigenvalue weighted by atomic mass is 16.5. The lowest BCUT2D eigenvalue weighted by atomic mass is 10.1. The van der Waals surface area contributed by atoms with Crippen LogP contribution in [0.15, 0.2) is 12.1 Å². The Hall–Kier alpha value is -1.68. The third kappa shape index (κ3) is 2.28. The lowest BCUT2D eigenvalue weighted by Crippen LogP contribution is -1.94. The predicted octanol–water partition coefficient (Wildman–Crippen LogP) is 2.43. The van der Waals surface area contributed by atoms with Gasteiger partial charge in [0.25, 0.3) is 0 Å². The number of aromatic nitrogens is 1. The summed E-state index contributed by atoms with van der Waals surface area (Å²) in [6.07, 6.45) is 1.64. The van der Waals surface area contributed by atoms with E-state index < -0.39 is 0 Å². The monoisotopic (exact) mass is 263 g/mol. The molecule has 19 heavy (non-hydrogen) atoms. The number of hydrogen-bond donors (Lipinski definition) is 1. The van der Waals surface area contributed by atoms with Crippen LogP contribution < -0.4 is 9.47 Å². The minimum atomic E-state index is 0.211. The Bertz CT molecular complexity index is 587. The van der Waals surface area contributed by atoms with Crippen molar-refractivity contribution in [2.75, 3.05) is 20.8 Å². The van der Waals surface area contributed by atoms with Crippen LogP contribution in [0.4, 0.5) is 0 Å². The molecule has 0 bridgehead atoms. The summed E-state index contributed by atoms with van der Waals surface area (Å²) >= 11 is 0. The number of hydrogen-bond acceptors (Lipinski definition) is 3. The molecular weight excluding hydrogens is 242 g/mol. The Labute approximate surface area is 113 Å². The lowest BCUT2D eigenvalue weighted by molar-refractivity contribution is 0.288. The molecule has 1 aromatic heterocycles. The molecule has 0 radical (unpaired) electrons. The highest BCUT2D eigenvalue weighted by Crippen LogP contribution is 2.36. The molecule has 0 aliphatic rings. The van der Waals surface area contributed by atoms with Gasteiger partial charge in [-0.3, -0.25) is 0 Å². The lowest BCUT2D eigenvalue weighted by Gasteiger charge is -2.08. The zero-order valence-electron chi connectivity index (χ0n) is 12.0. The fourth-order valence-corrected chi connectivity index (χ4v) is 2.54. The molecule has 104 valence electrons. The van der Waals surface area contributed by atoms with E-state index in [-0.39, 0.29) is 6.61 Å². The average Bonchev–Trinajstić information content (AvgIpc) is 2.67. The number of aryl methyl sites for hydroxylation is 2. The first kappa shape index (κ1) is 13.7. The molecular formula is C15H21NO3. The first-order valence-corrected chi connectivity index (χ1v) is 6.44. The van der Waals surface area contributed by atoms with Crippen LogP contribution in [0, 0.1) is 6.92 Å². The highest BCUT2D eigenvalue weighted by molar-refractivity contribution is 5.88. The molecule has 0 saturated carbocycles. The van der Waals surface area contributed by atoms with Crippen molar-refractivity contribution in [3.63, 3.8) is 0 Å². The third-order valence-corrected chi connectivity index (χ3v) is 3.71. The van der Waals surface area contributed by atoms with Crippen molar-refractivity contribution >= 4 is 10.9 Å². The van der Waals surface area contributed by atoms with Gasteiger partial charge in [0.2, 0.25) is 0 Å². The van der Waals surface area contributed by atoms with E-state index >= 15 is 0 Å². The van der Waals surface area contributed by atoms with Crippen LogP contribution in [-0.2, 0) is 13.5 Å². The number of rotatable bonds is 5. The maximum Gasteiger partial charge on any atom is 0.162 e. The quantitative estimate of drug-likeness (QED) is 0.901. The third-order valence-electron chi connectivity index (χ3n) is 3.71. The molecule has 4 heteroatoms. The van der Waals surface area contributed by atoms with Gasteiger partial charge in [-0.05, 0) is 31.4 Å². The maximum absolute atomic E-state index is 9.03. The molecule has 0 aliphatic heterocycles. The number of aliphatic hydroxyl groups excluding tert-OH is 1. The van der Waals surface area contributed by atoms with E-state index in [2.05, 4.69) is 11.5 Å². The summed E-state index contributed by atoms with van der Waals surface area (Å²) < 4.78 is 12.9. The standard InChI is InChI=1S/C15H21NO3/c1-10-11(6-5-7-17)12-8-14(18-3)15(19-4)9-13(12)16(10)2/h8-9,17H,5-7H2,1-4H3. The average molecular weight is 263 g/mol. The van der Waals surface area contributed by atoms with Crippen molar-refractivity contribution in [1.29, 1.82) is 0 Å². The SMILES string of the molecule is COc1cc2c(CCCO)c(C)n(C)c2cc1OC. The van der Waals surface area contributed by atoms with Gasteiger partial charge in [0.1, 0.15) is 0 Å². The van der Waals surface area contributed by atoms with E-state index in [1.807, 2.05) is 19.2 Å². The second-order valence-corrected chi connectivity index (χ2v) is 4.67. The number of methoxy groups -OCH3 is 2. The number of ether oxygens (including phenoxy) is 2. The topological polar surface area (TPSA) is 43.6 Å². The van der Waals surface area contributed by atoms with Gasteiger partial charge in [0, 0.05) is 30.8 Å². The molecule has 1 N–H and O–H groups in total. The summed E-state index contributed by atoms with van der Waals surface area (Å²) in [5, 5.41) is 10.2. The summed E-state index contributed by atoms with van der Waals surface area (Å²) in [5.41, 5.74) is 3.62. The van der Waals surface area contributed by atoms with Crippen molar-refractivity contribution < 1.29 is 14.6 Å². The second-order valence-electron chi connectivity index (χ2n) is 4.67. The highest BCUT2D eigenvalue weighted by Gasteiger charge is 2.15. The molecule has 2 rings (SSSR count). The van der Waals surface area contributed by atoms with Gasteiger partial charge < -0.3 is 19.1 Å². The van der Waals surface area contributed by atoms with Crippen LogP contribution in [0.25, 0.3) is 10.9 Å². The van der Waals surface area contributed by atoms with Gasteiger partial charge in [0.05, 0.1) is 19.7 Å². The van der Waals surface area contributed by atoms with Crippen LogP contribution in [-0.4, -0.2) is 30.5 Å². The fourth-order valence-electron chi connectivity index (χ4n) is 2.54. The summed E-state index contributed by atoms with van der Waals surface area (Å²) in [4.78, 5) is 0. The van der Waals surface area contributed by atoms with Crippen molar-refractivity contribution in [2.45, 2.75) is 19.8 Å². The van der Waals surface area contributed by atoms with Gasteiger partial charge >= 0.3 is 0 Å². The van der Waals surface area contributed by atoms with E-state index in [4.69, 9.17) is 14.6 Å². The number of benzene rings is 1. The van der Waals surface area contributed by atoms with Gasteiger partial charge in [-0.15, -0.1) is 0 Å². The molecule has 0 aliphatic carbocycles. The zero-order valence-corrected chi connectivity index (χ0v) is 12.0. The number of nitrogens with zero attached hydrogens (tertiary/aromatic N) is 1. The van der Waals surface area contributed by atoms with Crippen LogP contribution in [0.2, 0.25) is 0 Å². The minimum absolute atomic E-state index is 0.211. The summed E-state index contributed by atoms with van der Waals surface area (Å²) in [6.45, 7) is 2.31. The van der Waals surface area contributed by atoms with Gasteiger partial charge in [-0.2, -0.15) is 0 Å². The second kappa shape index (κ2) is 5.53. The van der Waals surface area contributed by atoms with Crippen molar-refractivity contribution in [3.05, 3.63) is 23.4 Å². The van der Waals surface area contributed by atoms with E-state index in [1.54, 1.807) is 14.2 Å². The predicted molar refractivity (Wildman–Crippen MR) is 76.2 cm³/mol. The Morgan fingerprint density at radius 1 is 1.16 bits per heavy atom. The summed E-state index contributed by atoms with van der Waals surface area (Å²) in [6, 6.07) is 4.03. The Kier molecular flexibility index (Phi) is 4.00. The molecule has 1 aromatic carbocycles. The van der Waals surface area contributed by atoms with E-state index in [9.17, 15) is 0 Å². The number of fused-ring (bicyclic) bond motifs is 1. The number of aliphatic hydroxyl groups is 1. The molecule has 0 amide bonds. The van der Waals surface area contributed by atoms with Crippen LogP contribution in [0.1, 0.15) is 17.7 Å². The van der Waals surface area contributed by atoms with Crippen molar-refractivity contribution in [1.82, 2.24) is 4.57 Å². The first-order valence-electron chi connectivity index (χ1n) is 6.44. The maximum atomic E-state index is 9.03. The molecule has 0 spiro atoms. The van der Waals surface area contributed by atoms with Crippen LogP contribution >= 0.6 is 0 Å². The van der Waals surface area contributed by atoms with Gasteiger partial charge in [-0.1, -0.05) is 0 Å². The molecule has 0 unspecified atom stereocenters. The van der Waals surface area contributed by atoms with Gasteiger partial charge in [-0.25, -0.2) is 0 Å². The summed E-state index contributed by atoms with van der Waals surface area (Å²) in [7, 11) is 5.34. The van der Waals surface area contributed by atoms with Gasteiger partial charge in [0.15, 0.2) is 11.5 Å². The van der Waals surface area contributed by atoms with E-state index in [0.717, 1.165) is 29.9 Å². The summed E-state index contributed by atoms with van der Waals surface area (Å²) in [5.74, 6) is 1.48. The molecule has 0 fully saturated rings. The smallest absolute Gasteiger partial charge is 0.162 e. The minimum Gasteiger partial charge on any atom is -0.493 e. The van der Waals surface area contributed by atoms with E-state index in [0.29, 0.717) is 0 Å². The molecule has 2 aromatic rings. The Balaban J connectivity index is 2.65. The van der Waals surface area contributed by atoms with Crippen LogP contribution in [0.5, 0.6) is 11.5 Å². The molecule has 0 atom stereocenters. The Morgan fingerprint density at radius 3 is 2.37 bits per heavy atom. The first-order chi connectivity index (χ1) is 9.13. The van der Waals surface area contributed by atoms with E-state index in [1.165, 1.54) is 16.6 Å². The van der Waals surface area contributed by atoms with Crippen molar-refractivity contribution in [2.24, 2.45) is 7.05 Å². The largest absolute Gasteiger partial charge is 0.493 e. The van der Waals surface area contributed by atoms with Crippen LogP contribution in [0.3, 0.4) is 0 Å². The Morgan fingerprint density at radius 2 is 1.79 bits per heavy atom. The normalized spacial score (nSPS) is 11.0. The molecule has 0 saturated heterocycles.